The molecule has 4 rings (SSSR count). The summed E-state index contributed by atoms with van der Waals surface area (Å²) in [5, 5.41) is 8.79. The highest BCUT2D eigenvalue weighted by Crippen LogP contribution is 2.45. The first-order chi connectivity index (χ1) is 16.1. The minimum absolute atomic E-state index is 0.0576. The normalized spacial score (nSPS) is 17.2. The van der Waals surface area contributed by atoms with Gasteiger partial charge in [-0.1, -0.05) is 44.5 Å². The predicted molar refractivity (Wildman–Crippen MR) is 138 cm³/mol. The van der Waals surface area contributed by atoms with Crippen molar-refractivity contribution in [1.82, 2.24) is 5.32 Å². The predicted octanol–water partition coefficient (Wildman–Crippen LogP) is 7.06. The number of hydrogen-bond donors (Lipinski definition) is 2. The molecule has 2 atom stereocenters. The summed E-state index contributed by atoms with van der Waals surface area (Å²) >= 11 is 1.65. The summed E-state index contributed by atoms with van der Waals surface area (Å²) in [6.07, 6.45) is 3.32. The van der Waals surface area contributed by atoms with E-state index < -0.39 is 0 Å². The fraction of sp³-hybridized carbons (Fsp3) is 0.321. The first kappa shape index (κ1) is 23.1. The van der Waals surface area contributed by atoms with Gasteiger partial charge in [0.15, 0.2) is 0 Å². The lowest BCUT2D eigenvalue weighted by Crippen LogP contribution is -2.28. The average Bonchev–Trinajstić information content (AvgIpc) is 3.36. The van der Waals surface area contributed by atoms with Crippen LogP contribution in [0.2, 0.25) is 0 Å². The van der Waals surface area contributed by atoms with E-state index in [-0.39, 0.29) is 17.9 Å². The van der Waals surface area contributed by atoms with Crippen LogP contribution in [0.5, 0.6) is 5.75 Å². The molecule has 2 aromatic carbocycles. The highest BCUT2D eigenvalue weighted by atomic mass is 32.1. The van der Waals surface area contributed by atoms with Gasteiger partial charge in [0, 0.05) is 27.6 Å². The zero-order valence-corrected chi connectivity index (χ0v) is 20.2. The Balaban J connectivity index is 1.57. The number of thiophene rings is 1. The van der Waals surface area contributed by atoms with Gasteiger partial charge in [-0.05, 0) is 66.3 Å². The molecule has 1 aromatic heterocycles. The highest BCUT2D eigenvalue weighted by Gasteiger charge is 2.32. The minimum atomic E-state index is -0.0576. The van der Waals surface area contributed by atoms with Crippen LogP contribution in [0, 0.1) is 5.92 Å². The van der Waals surface area contributed by atoms with Crippen LogP contribution in [0.25, 0.3) is 5.57 Å². The summed E-state index contributed by atoms with van der Waals surface area (Å²) in [7, 11) is 0. The number of unbranched alkanes of at least 4 members (excludes halogenated alkanes) is 1. The molecule has 0 saturated heterocycles. The van der Waals surface area contributed by atoms with E-state index in [0.29, 0.717) is 18.7 Å². The van der Waals surface area contributed by atoms with Crippen LogP contribution in [-0.2, 0) is 6.54 Å². The standard InChI is InChI=1S/C28H32N2O2S/c1-4-6-9-24-19(3)25-17-21(28(31)29-18-23-8-7-16-33-23)12-15-26(25)30-27(24)20-10-13-22(14-11-20)32-5-2/h7-8,10-17,24,27,30H,3-6,9,18H2,1-2H3,(H,29,31). The van der Waals surface area contributed by atoms with Crippen LogP contribution in [0.3, 0.4) is 0 Å². The fourth-order valence-electron chi connectivity index (χ4n) is 4.45. The Morgan fingerprint density at radius 1 is 1.15 bits per heavy atom. The molecular formula is C28H32N2O2S. The van der Waals surface area contributed by atoms with Gasteiger partial charge >= 0.3 is 0 Å². The SMILES string of the molecule is C=C1c2cc(C(=O)NCc3cccs3)ccc2NC(c2ccc(OCC)cc2)C1CCCC. The van der Waals surface area contributed by atoms with Crippen LogP contribution in [0.4, 0.5) is 5.69 Å². The summed E-state index contributed by atoms with van der Waals surface area (Å²) < 4.78 is 5.62. The Bertz CT molecular complexity index is 1090. The minimum Gasteiger partial charge on any atom is -0.494 e. The number of hydrogen-bond acceptors (Lipinski definition) is 4. The van der Waals surface area contributed by atoms with E-state index in [9.17, 15) is 4.79 Å². The van der Waals surface area contributed by atoms with Crippen molar-refractivity contribution in [2.75, 3.05) is 11.9 Å². The lowest BCUT2D eigenvalue weighted by molar-refractivity contribution is 0.0951. The van der Waals surface area contributed by atoms with Crippen molar-refractivity contribution in [2.45, 2.75) is 45.7 Å². The smallest absolute Gasteiger partial charge is 0.251 e. The third-order valence-electron chi connectivity index (χ3n) is 6.21. The molecule has 0 fully saturated rings. The van der Waals surface area contributed by atoms with Crippen LogP contribution in [-0.4, -0.2) is 12.5 Å². The van der Waals surface area contributed by atoms with Crippen LogP contribution in [0.1, 0.15) is 65.5 Å². The van der Waals surface area contributed by atoms with Crippen molar-refractivity contribution in [1.29, 1.82) is 0 Å². The number of ether oxygens (including phenoxy) is 1. The van der Waals surface area contributed by atoms with E-state index in [1.165, 1.54) is 5.56 Å². The first-order valence-corrected chi connectivity index (χ1v) is 12.6. The molecule has 2 N–H and O–H groups in total. The molecule has 0 aliphatic carbocycles. The Kier molecular flexibility index (Phi) is 7.50. The van der Waals surface area contributed by atoms with E-state index in [1.54, 1.807) is 11.3 Å². The van der Waals surface area contributed by atoms with Crippen molar-refractivity contribution in [3.63, 3.8) is 0 Å². The van der Waals surface area contributed by atoms with Gasteiger partial charge in [-0.25, -0.2) is 0 Å². The van der Waals surface area contributed by atoms with Gasteiger partial charge in [0.05, 0.1) is 19.2 Å². The zero-order chi connectivity index (χ0) is 23.2. The third kappa shape index (κ3) is 5.31. The molecule has 1 aliphatic rings. The molecule has 2 heterocycles. The fourth-order valence-corrected chi connectivity index (χ4v) is 5.09. The summed E-state index contributed by atoms with van der Waals surface area (Å²) in [4.78, 5) is 13.9. The summed E-state index contributed by atoms with van der Waals surface area (Å²) in [6.45, 7) is 9.92. The number of carbonyl (C=O) groups excluding carboxylic acids is 1. The molecule has 0 spiro atoms. The lowest BCUT2D eigenvalue weighted by Gasteiger charge is -2.37. The molecule has 3 aromatic rings. The van der Waals surface area contributed by atoms with E-state index in [1.807, 2.05) is 54.8 Å². The number of carbonyl (C=O) groups is 1. The maximum absolute atomic E-state index is 12.8. The van der Waals surface area contributed by atoms with Crippen LogP contribution < -0.4 is 15.4 Å². The maximum Gasteiger partial charge on any atom is 0.251 e. The van der Waals surface area contributed by atoms with Crippen molar-refractivity contribution in [3.05, 3.63) is 88.1 Å². The Hall–Kier alpha value is -3.05. The second kappa shape index (κ2) is 10.7. The average molecular weight is 461 g/mol. The maximum atomic E-state index is 12.8. The molecule has 5 heteroatoms. The molecule has 1 aliphatic heterocycles. The van der Waals surface area contributed by atoms with Gasteiger partial charge in [-0.3, -0.25) is 4.79 Å². The summed E-state index contributed by atoms with van der Waals surface area (Å²) in [5.74, 6) is 1.09. The Morgan fingerprint density at radius 2 is 1.97 bits per heavy atom. The van der Waals surface area contributed by atoms with Crippen molar-refractivity contribution < 1.29 is 9.53 Å². The molecule has 4 nitrogen and oxygen atoms in total. The topological polar surface area (TPSA) is 50.4 Å². The van der Waals surface area contributed by atoms with E-state index in [0.717, 1.165) is 46.7 Å². The Labute approximate surface area is 200 Å². The van der Waals surface area contributed by atoms with Crippen molar-refractivity contribution in [2.24, 2.45) is 5.92 Å². The van der Waals surface area contributed by atoms with E-state index in [2.05, 4.69) is 36.3 Å². The summed E-state index contributed by atoms with van der Waals surface area (Å²) in [5.41, 5.74) is 5.07. The van der Waals surface area contributed by atoms with Gasteiger partial charge in [-0.2, -0.15) is 0 Å². The largest absolute Gasteiger partial charge is 0.494 e. The van der Waals surface area contributed by atoms with Gasteiger partial charge in [0.1, 0.15) is 5.75 Å². The van der Waals surface area contributed by atoms with Gasteiger partial charge < -0.3 is 15.4 Å². The quantitative estimate of drug-likeness (QED) is 0.359. The molecule has 0 radical (unpaired) electrons. The number of benzene rings is 2. The van der Waals surface area contributed by atoms with E-state index >= 15 is 0 Å². The number of rotatable bonds is 9. The molecule has 2 unspecified atom stereocenters. The van der Waals surface area contributed by atoms with Gasteiger partial charge in [0.25, 0.3) is 5.91 Å². The number of amides is 1. The van der Waals surface area contributed by atoms with Crippen LogP contribution in [0.15, 0.2) is 66.6 Å². The number of nitrogens with one attached hydrogen (secondary N) is 2. The van der Waals surface area contributed by atoms with Gasteiger partial charge in [0.2, 0.25) is 0 Å². The molecule has 1 amide bonds. The molecule has 0 saturated carbocycles. The second-order valence-corrected chi connectivity index (χ2v) is 9.45. The van der Waals surface area contributed by atoms with Gasteiger partial charge in [-0.15, -0.1) is 11.3 Å². The molecule has 33 heavy (non-hydrogen) atoms. The molecule has 0 bridgehead atoms. The number of fused-ring (bicyclic) bond motifs is 1. The second-order valence-electron chi connectivity index (χ2n) is 8.42. The first-order valence-electron chi connectivity index (χ1n) is 11.7. The molecule has 172 valence electrons. The summed E-state index contributed by atoms with van der Waals surface area (Å²) in [6, 6.07) is 18.4. The third-order valence-corrected chi connectivity index (χ3v) is 7.09. The molecular weight excluding hydrogens is 428 g/mol. The van der Waals surface area contributed by atoms with Crippen molar-refractivity contribution in [3.8, 4) is 5.75 Å². The van der Waals surface area contributed by atoms with Crippen molar-refractivity contribution >= 4 is 28.5 Å². The zero-order valence-electron chi connectivity index (χ0n) is 19.4. The highest BCUT2D eigenvalue weighted by molar-refractivity contribution is 7.09. The number of anilines is 1. The lowest BCUT2D eigenvalue weighted by atomic mass is 9.77. The van der Waals surface area contributed by atoms with Crippen LogP contribution >= 0.6 is 11.3 Å². The monoisotopic (exact) mass is 460 g/mol. The Morgan fingerprint density at radius 3 is 2.67 bits per heavy atom. The van der Waals surface area contributed by atoms with E-state index in [4.69, 9.17) is 4.74 Å².